The van der Waals surface area contributed by atoms with Crippen molar-refractivity contribution < 1.29 is 14.3 Å². The molecule has 0 atom stereocenters. The van der Waals surface area contributed by atoms with Gasteiger partial charge in [-0.05, 0) is 38.1 Å². The molecule has 0 saturated carbocycles. The second kappa shape index (κ2) is 7.53. The average molecular weight is 337 g/mol. The molecule has 6 nitrogen and oxygen atoms in total. The number of anilines is 2. The minimum absolute atomic E-state index is 0.464. The minimum atomic E-state index is -0.535. The van der Waals surface area contributed by atoms with Crippen molar-refractivity contribution in [2.75, 3.05) is 11.5 Å². The van der Waals surface area contributed by atoms with Crippen molar-refractivity contribution in [2.45, 2.75) is 13.8 Å². The van der Waals surface area contributed by atoms with Gasteiger partial charge in [-0.15, -0.1) is 5.10 Å². The average Bonchev–Trinajstić information content (AvgIpc) is 2.98. The summed E-state index contributed by atoms with van der Waals surface area (Å²) in [6, 6.07) is 18.2. The Morgan fingerprint density at radius 2 is 1.72 bits per heavy atom. The normalized spacial score (nSPS) is 10.3. The maximum absolute atomic E-state index is 12.8. The van der Waals surface area contributed by atoms with Crippen molar-refractivity contribution in [2.24, 2.45) is 0 Å². The lowest BCUT2D eigenvalue weighted by molar-refractivity contribution is 0.210. The molecule has 0 saturated heterocycles. The molecule has 3 aromatic rings. The summed E-state index contributed by atoms with van der Waals surface area (Å²) in [4.78, 5) is 14.3. The Hall–Kier alpha value is -3.28. The van der Waals surface area contributed by atoms with Gasteiger partial charge in [-0.2, -0.15) is 0 Å². The van der Waals surface area contributed by atoms with Crippen LogP contribution < -0.4 is 14.4 Å². The first-order valence-electron chi connectivity index (χ1n) is 8.00. The van der Waals surface area contributed by atoms with Crippen molar-refractivity contribution >= 4 is 17.6 Å². The predicted octanol–water partition coefficient (Wildman–Crippen LogP) is 4.45. The lowest BCUT2D eigenvalue weighted by Crippen LogP contribution is -2.30. The van der Waals surface area contributed by atoms with Gasteiger partial charge >= 0.3 is 6.09 Å². The topological polar surface area (TPSA) is 67.5 Å². The first-order chi connectivity index (χ1) is 12.2. The second-order valence-electron chi connectivity index (χ2n) is 5.29. The number of para-hydroxylation sites is 2. The Labute approximate surface area is 146 Å². The highest BCUT2D eigenvalue weighted by atomic mass is 16.6. The lowest BCUT2D eigenvalue weighted by Gasteiger charge is -2.21. The number of benzene rings is 2. The Kier molecular flexibility index (Phi) is 4.99. The van der Waals surface area contributed by atoms with E-state index < -0.39 is 6.09 Å². The summed E-state index contributed by atoms with van der Waals surface area (Å²) in [6.07, 6.45) is -0.535. The third-order valence-corrected chi connectivity index (χ3v) is 3.59. The van der Waals surface area contributed by atoms with Crippen LogP contribution in [0.1, 0.15) is 12.5 Å². The molecule has 25 heavy (non-hydrogen) atoms. The summed E-state index contributed by atoms with van der Waals surface area (Å²) in [5, 5.41) is 7.02. The number of nitrogens with zero attached hydrogens (tertiary/aromatic N) is 2. The van der Waals surface area contributed by atoms with Gasteiger partial charge in [0.15, 0.2) is 0 Å². The Balaban J connectivity index is 1.97. The van der Waals surface area contributed by atoms with Gasteiger partial charge in [0.2, 0.25) is 5.88 Å². The molecule has 1 heterocycles. The van der Waals surface area contributed by atoms with Crippen molar-refractivity contribution in [3.8, 4) is 11.6 Å². The van der Waals surface area contributed by atoms with Gasteiger partial charge in [-0.1, -0.05) is 36.4 Å². The van der Waals surface area contributed by atoms with Crippen LogP contribution >= 0.6 is 0 Å². The van der Waals surface area contributed by atoms with Gasteiger partial charge in [-0.3, -0.25) is 5.10 Å². The molecular formula is C19H19N3O3. The smallest absolute Gasteiger partial charge is 0.425 e. The van der Waals surface area contributed by atoms with Gasteiger partial charge in [0, 0.05) is 0 Å². The summed E-state index contributed by atoms with van der Waals surface area (Å²) in [6.45, 7) is 4.22. The van der Waals surface area contributed by atoms with E-state index in [0.717, 1.165) is 5.56 Å². The molecule has 128 valence electrons. The molecule has 1 aromatic heterocycles. The van der Waals surface area contributed by atoms with E-state index in [4.69, 9.17) is 9.47 Å². The molecule has 6 heteroatoms. The summed E-state index contributed by atoms with van der Waals surface area (Å²) >= 11 is 0. The number of hydrogen-bond donors (Lipinski definition) is 1. The van der Waals surface area contributed by atoms with Crippen molar-refractivity contribution in [1.82, 2.24) is 10.2 Å². The number of ether oxygens (including phenoxy) is 2. The second-order valence-corrected chi connectivity index (χ2v) is 5.29. The molecule has 1 amide bonds. The molecule has 0 aliphatic heterocycles. The summed E-state index contributed by atoms with van der Waals surface area (Å²) < 4.78 is 11.0. The van der Waals surface area contributed by atoms with E-state index in [1.807, 2.05) is 62.4 Å². The Morgan fingerprint density at radius 3 is 2.36 bits per heavy atom. The Bertz CT molecular complexity index is 832. The van der Waals surface area contributed by atoms with Crippen LogP contribution in [0.4, 0.5) is 16.3 Å². The number of aromatic nitrogens is 2. The van der Waals surface area contributed by atoms with Crippen LogP contribution in [-0.2, 0) is 0 Å². The number of nitrogens with one attached hydrogen (secondary N) is 1. The molecule has 0 radical (unpaired) electrons. The number of amides is 1. The quantitative estimate of drug-likeness (QED) is 0.747. The van der Waals surface area contributed by atoms with Crippen LogP contribution in [0.2, 0.25) is 0 Å². The van der Waals surface area contributed by atoms with Crippen molar-refractivity contribution in [1.29, 1.82) is 0 Å². The van der Waals surface area contributed by atoms with E-state index in [1.54, 1.807) is 12.1 Å². The first-order valence-corrected chi connectivity index (χ1v) is 8.00. The summed E-state index contributed by atoms with van der Waals surface area (Å²) in [5.74, 6) is 1.44. The highest BCUT2D eigenvalue weighted by Crippen LogP contribution is 2.32. The van der Waals surface area contributed by atoms with Crippen molar-refractivity contribution in [3.63, 3.8) is 0 Å². The van der Waals surface area contributed by atoms with Crippen LogP contribution in [0.15, 0.2) is 60.7 Å². The number of H-pyrrole nitrogens is 1. The fourth-order valence-electron chi connectivity index (χ4n) is 2.41. The molecule has 0 aliphatic rings. The third-order valence-electron chi connectivity index (χ3n) is 3.59. The third kappa shape index (κ3) is 3.63. The van der Waals surface area contributed by atoms with E-state index in [-0.39, 0.29) is 0 Å². The predicted molar refractivity (Wildman–Crippen MR) is 95.5 cm³/mol. The fourth-order valence-corrected chi connectivity index (χ4v) is 2.41. The monoisotopic (exact) mass is 337 g/mol. The SMILES string of the molecule is CCOc1n[nH]c(N(C(=O)Oc2ccccc2)c2ccccc2)c1C. The molecule has 0 aliphatic carbocycles. The first kappa shape index (κ1) is 16.6. The lowest BCUT2D eigenvalue weighted by atomic mass is 10.2. The van der Waals surface area contributed by atoms with E-state index in [2.05, 4.69) is 10.2 Å². The van der Waals surface area contributed by atoms with Crippen molar-refractivity contribution in [3.05, 3.63) is 66.2 Å². The van der Waals surface area contributed by atoms with E-state index in [1.165, 1.54) is 4.90 Å². The largest absolute Gasteiger partial charge is 0.477 e. The zero-order chi connectivity index (χ0) is 17.6. The van der Waals surface area contributed by atoms with Crippen LogP contribution in [0.5, 0.6) is 11.6 Å². The number of aromatic amines is 1. The summed E-state index contributed by atoms with van der Waals surface area (Å²) in [5.41, 5.74) is 1.40. The van der Waals surface area contributed by atoms with Crippen LogP contribution in [-0.4, -0.2) is 22.9 Å². The van der Waals surface area contributed by atoms with Gasteiger partial charge in [0.1, 0.15) is 11.6 Å². The van der Waals surface area contributed by atoms with E-state index >= 15 is 0 Å². The summed E-state index contributed by atoms with van der Waals surface area (Å²) in [7, 11) is 0. The van der Waals surface area contributed by atoms with Gasteiger partial charge in [0.25, 0.3) is 0 Å². The van der Waals surface area contributed by atoms with E-state index in [0.29, 0.717) is 29.7 Å². The maximum atomic E-state index is 12.8. The highest BCUT2D eigenvalue weighted by Gasteiger charge is 2.25. The molecule has 0 fully saturated rings. The molecular weight excluding hydrogens is 318 g/mol. The van der Waals surface area contributed by atoms with Gasteiger partial charge < -0.3 is 9.47 Å². The minimum Gasteiger partial charge on any atom is -0.477 e. The van der Waals surface area contributed by atoms with Gasteiger partial charge in [-0.25, -0.2) is 9.69 Å². The number of carbonyl (C=O) groups excluding carboxylic acids is 1. The molecule has 2 aromatic carbocycles. The number of hydrogen-bond acceptors (Lipinski definition) is 4. The van der Waals surface area contributed by atoms with Crippen LogP contribution in [0.25, 0.3) is 0 Å². The molecule has 0 unspecified atom stereocenters. The standard InChI is InChI=1S/C19H19N3O3/c1-3-24-18-14(2)17(20-21-18)22(15-10-6-4-7-11-15)19(23)25-16-12-8-5-9-13-16/h4-13H,3H2,1-2H3,(H,20,21). The molecule has 0 bridgehead atoms. The number of carbonyl (C=O) groups is 1. The zero-order valence-electron chi connectivity index (χ0n) is 14.1. The fraction of sp³-hybridized carbons (Fsp3) is 0.158. The zero-order valence-corrected chi connectivity index (χ0v) is 14.1. The highest BCUT2D eigenvalue weighted by molar-refractivity contribution is 5.97. The van der Waals surface area contributed by atoms with Crippen LogP contribution in [0.3, 0.4) is 0 Å². The Morgan fingerprint density at radius 1 is 1.08 bits per heavy atom. The van der Waals surface area contributed by atoms with Gasteiger partial charge in [0.05, 0.1) is 17.9 Å². The number of rotatable bonds is 5. The molecule has 1 N–H and O–H groups in total. The maximum Gasteiger partial charge on any atom is 0.425 e. The molecule has 0 spiro atoms. The molecule has 3 rings (SSSR count). The van der Waals surface area contributed by atoms with E-state index in [9.17, 15) is 4.79 Å². The van der Waals surface area contributed by atoms with Crippen LogP contribution in [0, 0.1) is 6.92 Å².